The average molecular weight is 279 g/mol. The van der Waals surface area contributed by atoms with Crippen LogP contribution in [0.3, 0.4) is 0 Å². The van der Waals surface area contributed by atoms with Crippen LogP contribution in [0.5, 0.6) is 0 Å². The van der Waals surface area contributed by atoms with E-state index in [9.17, 15) is 4.39 Å². The number of methoxy groups -OCH3 is 1. The lowest BCUT2D eigenvalue weighted by molar-refractivity contribution is 0.198. The lowest BCUT2D eigenvalue weighted by Crippen LogP contribution is -2.21. The van der Waals surface area contributed by atoms with Gasteiger partial charge in [-0.05, 0) is 34.5 Å². The Morgan fingerprint density at radius 2 is 2.10 bits per heavy atom. The Morgan fingerprint density at radius 1 is 1.30 bits per heavy atom. The van der Waals surface area contributed by atoms with Gasteiger partial charge >= 0.3 is 0 Å². The Labute approximate surface area is 116 Å². The number of nitrogens with zero attached hydrogens (tertiary/aromatic N) is 4. The Kier molecular flexibility index (Phi) is 5.57. The molecule has 20 heavy (non-hydrogen) atoms. The third-order valence-corrected chi connectivity index (χ3v) is 2.90. The quantitative estimate of drug-likeness (QED) is 0.724. The van der Waals surface area contributed by atoms with E-state index < -0.39 is 0 Å². The van der Waals surface area contributed by atoms with Gasteiger partial charge in [0.05, 0.1) is 13.2 Å². The fourth-order valence-electron chi connectivity index (χ4n) is 1.78. The van der Waals surface area contributed by atoms with E-state index in [0.717, 1.165) is 24.4 Å². The number of nitrogens with one attached hydrogen (secondary N) is 1. The first-order valence-corrected chi connectivity index (χ1v) is 6.48. The zero-order chi connectivity index (χ0) is 14.2. The highest BCUT2D eigenvalue weighted by molar-refractivity contribution is 5.15. The number of aryl methyl sites for hydroxylation is 2. The number of benzene rings is 1. The van der Waals surface area contributed by atoms with E-state index in [-0.39, 0.29) is 5.82 Å². The van der Waals surface area contributed by atoms with Gasteiger partial charge in [0.2, 0.25) is 0 Å². The molecule has 0 saturated heterocycles. The molecule has 1 heterocycles. The molecule has 7 heteroatoms. The van der Waals surface area contributed by atoms with E-state index in [0.29, 0.717) is 19.7 Å². The van der Waals surface area contributed by atoms with Gasteiger partial charge in [-0.3, -0.25) is 0 Å². The number of ether oxygens (including phenoxy) is 1. The molecule has 0 fully saturated rings. The number of halogens is 1. The summed E-state index contributed by atoms with van der Waals surface area (Å²) >= 11 is 0. The van der Waals surface area contributed by atoms with Gasteiger partial charge in [-0.15, -0.1) is 5.10 Å². The Bertz CT molecular complexity index is 514. The molecule has 1 aromatic heterocycles. The smallest absolute Gasteiger partial charge is 0.165 e. The normalized spacial score (nSPS) is 10.9. The zero-order valence-electron chi connectivity index (χ0n) is 11.4. The van der Waals surface area contributed by atoms with Crippen molar-refractivity contribution in [1.82, 2.24) is 25.5 Å². The van der Waals surface area contributed by atoms with Crippen molar-refractivity contribution in [2.24, 2.45) is 0 Å². The molecule has 0 amide bonds. The monoisotopic (exact) mass is 279 g/mol. The molecule has 0 atom stereocenters. The molecule has 2 aromatic rings. The minimum absolute atomic E-state index is 0.223. The van der Waals surface area contributed by atoms with Gasteiger partial charge in [-0.2, -0.15) is 0 Å². The minimum atomic E-state index is -0.223. The molecule has 0 spiro atoms. The predicted octanol–water partition coefficient (Wildman–Crippen LogP) is 0.791. The highest BCUT2D eigenvalue weighted by atomic mass is 19.1. The standard InChI is InChI=1S/C13H18FN5O/c1-20-9-7-15-10-13-16-17-18-19(13)8-6-11-2-4-12(14)5-3-11/h2-5,15H,6-10H2,1H3. The van der Waals surface area contributed by atoms with Crippen LogP contribution in [-0.2, 0) is 24.2 Å². The Balaban J connectivity index is 1.83. The van der Waals surface area contributed by atoms with E-state index in [1.165, 1.54) is 12.1 Å². The predicted molar refractivity (Wildman–Crippen MR) is 71.5 cm³/mol. The first-order chi connectivity index (χ1) is 9.79. The van der Waals surface area contributed by atoms with Crippen LogP contribution >= 0.6 is 0 Å². The van der Waals surface area contributed by atoms with Crippen LogP contribution in [0.4, 0.5) is 4.39 Å². The molecule has 108 valence electrons. The first kappa shape index (κ1) is 14.5. The van der Waals surface area contributed by atoms with Crippen LogP contribution in [-0.4, -0.2) is 40.5 Å². The Morgan fingerprint density at radius 3 is 2.85 bits per heavy atom. The molecule has 1 aromatic carbocycles. The van der Waals surface area contributed by atoms with Crippen molar-refractivity contribution in [3.05, 3.63) is 41.5 Å². The molecule has 0 aliphatic rings. The number of rotatable bonds is 8. The largest absolute Gasteiger partial charge is 0.383 e. The Hall–Kier alpha value is -1.86. The van der Waals surface area contributed by atoms with Crippen molar-refractivity contribution in [2.75, 3.05) is 20.3 Å². The van der Waals surface area contributed by atoms with Crippen LogP contribution in [0, 0.1) is 5.82 Å². The SMILES string of the molecule is COCCNCc1nnnn1CCc1ccc(F)cc1. The maximum absolute atomic E-state index is 12.8. The third kappa shape index (κ3) is 4.36. The van der Waals surface area contributed by atoms with Crippen molar-refractivity contribution in [1.29, 1.82) is 0 Å². The van der Waals surface area contributed by atoms with Gasteiger partial charge in [0.25, 0.3) is 0 Å². The molecule has 6 nitrogen and oxygen atoms in total. The summed E-state index contributed by atoms with van der Waals surface area (Å²) in [6.07, 6.45) is 0.760. The van der Waals surface area contributed by atoms with Gasteiger partial charge in [0, 0.05) is 20.2 Å². The fourth-order valence-corrected chi connectivity index (χ4v) is 1.78. The van der Waals surface area contributed by atoms with Crippen LogP contribution in [0.15, 0.2) is 24.3 Å². The van der Waals surface area contributed by atoms with Crippen molar-refractivity contribution in [3.63, 3.8) is 0 Å². The van der Waals surface area contributed by atoms with Gasteiger partial charge < -0.3 is 10.1 Å². The first-order valence-electron chi connectivity index (χ1n) is 6.48. The summed E-state index contributed by atoms with van der Waals surface area (Å²) in [4.78, 5) is 0. The minimum Gasteiger partial charge on any atom is -0.383 e. The van der Waals surface area contributed by atoms with Gasteiger partial charge in [0.1, 0.15) is 5.82 Å². The summed E-state index contributed by atoms with van der Waals surface area (Å²) in [7, 11) is 1.66. The zero-order valence-corrected chi connectivity index (χ0v) is 11.4. The third-order valence-electron chi connectivity index (χ3n) is 2.90. The van der Waals surface area contributed by atoms with E-state index in [1.807, 2.05) is 0 Å². The van der Waals surface area contributed by atoms with Crippen LogP contribution in [0.2, 0.25) is 0 Å². The molecule has 0 bridgehead atoms. The lowest BCUT2D eigenvalue weighted by atomic mass is 10.1. The summed E-state index contributed by atoms with van der Waals surface area (Å²) in [6, 6.07) is 6.47. The summed E-state index contributed by atoms with van der Waals surface area (Å²) in [5.41, 5.74) is 1.06. The summed E-state index contributed by atoms with van der Waals surface area (Å²) in [5, 5.41) is 14.8. The number of aromatic nitrogens is 4. The number of hydrogen-bond donors (Lipinski definition) is 1. The van der Waals surface area contributed by atoms with Crippen LogP contribution in [0.25, 0.3) is 0 Å². The molecule has 0 aliphatic carbocycles. The van der Waals surface area contributed by atoms with Crippen molar-refractivity contribution in [2.45, 2.75) is 19.5 Å². The molecule has 1 N–H and O–H groups in total. The molecule has 0 aliphatic heterocycles. The highest BCUT2D eigenvalue weighted by Crippen LogP contribution is 2.05. The summed E-state index contributed by atoms with van der Waals surface area (Å²) in [5.74, 6) is 0.558. The molecule has 0 saturated carbocycles. The van der Waals surface area contributed by atoms with E-state index in [2.05, 4.69) is 20.8 Å². The average Bonchev–Trinajstić information content (AvgIpc) is 2.90. The van der Waals surface area contributed by atoms with Crippen LogP contribution in [0.1, 0.15) is 11.4 Å². The lowest BCUT2D eigenvalue weighted by Gasteiger charge is -2.06. The van der Waals surface area contributed by atoms with Gasteiger partial charge in [-0.25, -0.2) is 9.07 Å². The second-order valence-corrected chi connectivity index (χ2v) is 4.36. The second kappa shape index (κ2) is 7.66. The highest BCUT2D eigenvalue weighted by Gasteiger charge is 2.05. The molecule has 2 rings (SSSR count). The van der Waals surface area contributed by atoms with E-state index in [1.54, 1.807) is 23.9 Å². The van der Waals surface area contributed by atoms with Crippen molar-refractivity contribution < 1.29 is 9.13 Å². The number of hydrogen-bond acceptors (Lipinski definition) is 5. The van der Waals surface area contributed by atoms with Gasteiger partial charge in [-0.1, -0.05) is 12.1 Å². The van der Waals surface area contributed by atoms with E-state index >= 15 is 0 Å². The number of tetrazole rings is 1. The van der Waals surface area contributed by atoms with E-state index in [4.69, 9.17) is 4.74 Å². The van der Waals surface area contributed by atoms with Crippen LogP contribution < -0.4 is 5.32 Å². The second-order valence-electron chi connectivity index (χ2n) is 4.36. The topological polar surface area (TPSA) is 64.9 Å². The maximum atomic E-state index is 12.8. The molecular weight excluding hydrogens is 261 g/mol. The van der Waals surface area contributed by atoms with Crippen molar-refractivity contribution >= 4 is 0 Å². The molecule has 0 radical (unpaired) electrons. The van der Waals surface area contributed by atoms with Gasteiger partial charge in [0.15, 0.2) is 5.82 Å². The molecule has 0 unspecified atom stereocenters. The maximum Gasteiger partial charge on any atom is 0.165 e. The molecular formula is C13H18FN5O. The summed E-state index contributed by atoms with van der Waals surface area (Å²) in [6.45, 7) is 2.66. The summed E-state index contributed by atoms with van der Waals surface area (Å²) < 4.78 is 19.5. The fraction of sp³-hybridized carbons (Fsp3) is 0.462. The van der Waals surface area contributed by atoms with Crippen molar-refractivity contribution in [3.8, 4) is 0 Å².